The maximum atomic E-state index is 13.0. The minimum atomic E-state index is -0.357. The van der Waals surface area contributed by atoms with E-state index >= 15 is 0 Å². The molecule has 1 aromatic heterocycles. The van der Waals surface area contributed by atoms with E-state index in [0.29, 0.717) is 28.7 Å². The number of aromatic nitrogens is 2. The van der Waals surface area contributed by atoms with Gasteiger partial charge in [-0.25, -0.2) is 0 Å². The highest BCUT2D eigenvalue weighted by Gasteiger charge is 2.33. The van der Waals surface area contributed by atoms with E-state index in [0.717, 1.165) is 24.2 Å². The van der Waals surface area contributed by atoms with Gasteiger partial charge < -0.3 is 24.4 Å². The van der Waals surface area contributed by atoms with Crippen molar-refractivity contribution in [2.75, 3.05) is 25.8 Å². The fraction of sp³-hybridized carbons (Fsp3) is 0.304. The normalized spacial score (nSPS) is 16.6. The van der Waals surface area contributed by atoms with Gasteiger partial charge in [0.2, 0.25) is 17.7 Å². The Hall–Kier alpha value is -3.66. The summed E-state index contributed by atoms with van der Waals surface area (Å²) in [6, 6.07) is 12.5. The van der Waals surface area contributed by atoms with Crippen molar-refractivity contribution >= 4 is 28.8 Å². The molecule has 0 bridgehead atoms. The van der Waals surface area contributed by atoms with Crippen LogP contribution >= 0.6 is 11.3 Å². The van der Waals surface area contributed by atoms with Crippen LogP contribution in [0.1, 0.15) is 39.3 Å². The standard InChI is InChI=1S/C23H22N4O5S/c1-30-16-5-2-4-14(10-16)11-20(28)27-9-3-6-17(27)22-25-26-23(33-22)21(29)24-15-7-8-18-19(12-15)32-13-31-18/h2,4-5,7-8,10,12,17H,3,6,9,11,13H2,1H3,(H,24,29). The van der Waals surface area contributed by atoms with Crippen molar-refractivity contribution in [2.24, 2.45) is 0 Å². The number of likely N-dealkylation sites (tertiary alicyclic amines) is 1. The van der Waals surface area contributed by atoms with Crippen LogP contribution in [0.2, 0.25) is 0 Å². The van der Waals surface area contributed by atoms with Crippen molar-refractivity contribution < 1.29 is 23.8 Å². The first kappa shape index (κ1) is 21.2. The van der Waals surface area contributed by atoms with Gasteiger partial charge in [0.1, 0.15) is 10.8 Å². The van der Waals surface area contributed by atoms with Crippen molar-refractivity contribution in [3.63, 3.8) is 0 Å². The largest absolute Gasteiger partial charge is 0.497 e. The molecule has 0 aliphatic carbocycles. The second-order valence-corrected chi connectivity index (χ2v) is 8.75. The number of carbonyl (C=O) groups is 2. The molecule has 3 aromatic rings. The number of amides is 2. The Bertz CT molecular complexity index is 1200. The van der Waals surface area contributed by atoms with Crippen LogP contribution in [-0.4, -0.2) is 47.4 Å². The molecule has 10 heteroatoms. The summed E-state index contributed by atoms with van der Waals surface area (Å²) in [5.74, 6) is 1.62. The molecule has 33 heavy (non-hydrogen) atoms. The van der Waals surface area contributed by atoms with E-state index in [9.17, 15) is 9.59 Å². The van der Waals surface area contributed by atoms with Gasteiger partial charge in [-0.1, -0.05) is 23.5 Å². The fourth-order valence-corrected chi connectivity index (χ4v) is 4.89. The molecule has 2 aliphatic rings. The van der Waals surface area contributed by atoms with Gasteiger partial charge in [-0.05, 0) is 42.7 Å². The predicted octanol–water partition coefficient (Wildman–Crippen LogP) is 3.43. The van der Waals surface area contributed by atoms with Crippen LogP contribution in [0.25, 0.3) is 0 Å². The minimum Gasteiger partial charge on any atom is -0.497 e. The maximum Gasteiger partial charge on any atom is 0.286 e. The Morgan fingerprint density at radius 1 is 1.18 bits per heavy atom. The van der Waals surface area contributed by atoms with Gasteiger partial charge in [0.25, 0.3) is 5.91 Å². The topological polar surface area (TPSA) is 103 Å². The van der Waals surface area contributed by atoms with Crippen molar-refractivity contribution in [3.05, 3.63) is 58.0 Å². The number of anilines is 1. The number of methoxy groups -OCH3 is 1. The molecule has 5 rings (SSSR count). The third-order valence-corrected chi connectivity index (χ3v) is 6.64. The van der Waals surface area contributed by atoms with E-state index in [1.807, 2.05) is 29.2 Å². The van der Waals surface area contributed by atoms with Gasteiger partial charge in [-0.15, -0.1) is 10.2 Å². The van der Waals surface area contributed by atoms with Crippen molar-refractivity contribution in [1.29, 1.82) is 0 Å². The number of carbonyl (C=O) groups excluding carboxylic acids is 2. The first-order valence-electron chi connectivity index (χ1n) is 10.6. The van der Waals surface area contributed by atoms with Crippen LogP contribution in [-0.2, 0) is 11.2 Å². The van der Waals surface area contributed by atoms with Crippen LogP contribution in [0.5, 0.6) is 17.2 Å². The number of rotatable bonds is 6. The summed E-state index contributed by atoms with van der Waals surface area (Å²) in [5.41, 5.74) is 1.48. The number of hydrogen-bond acceptors (Lipinski definition) is 8. The molecule has 2 amide bonds. The van der Waals surface area contributed by atoms with Gasteiger partial charge in [0.15, 0.2) is 11.5 Å². The molecule has 0 radical (unpaired) electrons. The Labute approximate surface area is 194 Å². The molecule has 1 unspecified atom stereocenters. The molecule has 1 saturated heterocycles. The second kappa shape index (κ2) is 9.07. The summed E-state index contributed by atoms with van der Waals surface area (Å²) in [6.07, 6.45) is 1.96. The Morgan fingerprint density at radius 3 is 2.94 bits per heavy atom. The lowest BCUT2D eigenvalue weighted by Crippen LogP contribution is -2.31. The predicted molar refractivity (Wildman–Crippen MR) is 121 cm³/mol. The Kier molecular flexibility index (Phi) is 5.82. The third kappa shape index (κ3) is 4.47. The molecule has 1 atom stereocenters. The van der Waals surface area contributed by atoms with E-state index in [4.69, 9.17) is 14.2 Å². The molecule has 0 saturated carbocycles. The second-order valence-electron chi connectivity index (χ2n) is 7.74. The SMILES string of the molecule is COc1cccc(CC(=O)N2CCCC2c2nnc(C(=O)Nc3ccc4c(c3)OCO4)s2)c1. The van der Waals surface area contributed by atoms with E-state index in [2.05, 4.69) is 15.5 Å². The van der Waals surface area contributed by atoms with Gasteiger partial charge in [0, 0.05) is 18.3 Å². The highest BCUT2D eigenvalue weighted by atomic mass is 32.1. The highest BCUT2D eigenvalue weighted by molar-refractivity contribution is 7.13. The summed E-state index contributed by atoms with van der Waals surface area (Å²) in [6.45, 7) is 0.826. The van der Waals surface area contributed by atoms with Crippen LogP contribution < -0.4 is 19.5 Å². The lowest BCUT2D eigenvalue weighted by Gasteiger charge is -2.22. The summed E-state index contributed by atoms with van der Waals surface area (Å²) in [7, 11) is 1.60. The smallest absolute Gasteiger partial charge is 0.286 e. The van der Waals surface area contributed by atoms with Gasteiger partial charge >= 0.3 is 0 Å². The van der Waals surface area contributed by atoms with Gasteiger partial charge in [-0.2, -0.15) is 0 Å². The summed E-state index contributed by atoms with van der Waals surface area (Å²) in [4.78, 5) is 27.5. The molecule has 2 aromatic carbocycles. The number of nitrogens with one attached hydrogen (secondary N) is 1. The Morgan fingerprint density at radius 2 is 2.06 bits per heavy atom. The lowest BCUT2D eigenvalue weighted by molar-refractivity contribution is -0.131. The lowest BCUT2D eigenvalue weighted by atomic mass is 10.1. The molecular weight excluding hydrogens is 444 g/mol. The van der Waals surface area contributed by atoms with Crippen molar-refractivity contribution in [1.82, 2.24) is 15.1 Å². The zero-order valence-corrected chi connectivity index (χ0v) is 18.8. The quantitative estimate of drug-likeness (QED) is 0.594. The number of ether oxygens (including phenoxy) is 3. The van der Waals surface area contributed by atoms with Gasteiger partial charge in [-0.3, -0.25) is 9.59 Å². The van der Waals surface area contributed by atoms with Crippen molar-refractivity contribution in [2.45, 2.75) is 25.3 Å². The molecule has 3 heterocycles. The molecule has 170 valence electrons. The summed E-state index contributed by atoms with van der Waals surface area (Å²) >= 11 is 1.21. The third-order valence-electron chi connectivity index (χ3n) is 5.61. The van der Waals surface area contributed by atoms with Crippen LogP contribution in [0.15, 0.2) is 42.5 Å². The van der Waals surface area contributed by atoms with E-state index in [1.54, 1.807) is 25.3 Å². The Balaban J connectivity index is 1.26. The van der Waals surface area contributed by atoms with E-state index in [-0.39, 0.29) is 36.1 Å². The molecule has 1 fully saturated rings. The number of nitrogens with zero attached hydrogens (tertiary/aromatic N) is 3. The average molecular weight is 467 g/mol. The van der Waals surface area contributed by atoms with Crippen molar-refractivity contribution in [3.8, 4) is 17.2 Å². The molecule has 1 N–H and O–H groups in total. The monoisotopic (exact) mass is 466 g/mol. The number of hydrogen-bond donors (Lipinski definition) is 1. The maximum absolute atomic E-state index is 13.0. The molecule has 0 spiro atoms. The molecule has 2 aliphatic heterocycles. The van der Waals surface area contributed by atoms with Gasteiger partial charge in [0.05, 0.1) is 19.6 Å². The summed E-state index contributed by atoms with van der Waals surface area (Å²) in [5, 5.41) is 12.0. The minimum absolute atomic E-state index is 0.0207. The molecule has 9 nitrogen and oxygen atoms in total. The van der Waals surface area contributed by atoms with Crippen LogP contribution in [0, 0.1) is 0 Å². The zero-order valence-electron chi connectivity index (χ0n) is 17.9. The van der Waals surface area contributed by atoms with E-state index in [1.165, 1.54) is 11.3 Å². The van der Waals surface area contributed by atoms with Crippen LogP contribution in [0.3, 0.4) is 0 Å². The van der Waals surface area contributed by atoms with Crippen LogP contribution in [0.4, 0.5) is 5.69 Å². The summed E-state index contributed by atoms with van der Waals surface area (Å²) < 4.78 is 15.9. The average Bonchev–Trinajstić information content (AvgIpc) is 3.58. The fourth-order valence-electron chi connectivity index (χ4n) is 4.00. The highest BCUT2D eigenvalue weighted by Crippen LogP contribution is 2.36. The zero-order chi connectivity index (χ0) is 22.8. The molecular formula is C23H22N4O5S. The number of benzene rings is 2. The first-order chi connectivity index (χ1) is 16.1. The number of fused-ring (bicyclic) bond motifs is 1. The van der Waals surface area contributed by atoms with E-state index < -0.39 is 0 Å². The first-order valence-corrected chi connectivity index (χ1v) is 11.4.